The maximum absolute atomic E-state index is 11.7. The van der Waals surface area contributed by atoms with E-state index in [0.717, 1.165) is 5.69 Å². The van der Waals surface area contributed by atoms with Crippen LogP contribution in [0.3, 0.4) is 0 Å². The van der Waals surface area contributed by atoms with Gasteiger partial charge in [0.2, 0.25) is 0 Å². The predicted molar refractivity (Wildman–Crippen MR) is 94.2 cm³/mol. The second-order valence-corrected chi connectivity index (χ2v) is 7.34. The van der Waals surface area contributed by atoms with Crippen molar-refractivity contribution in [1.29, 1.82) is 0 Å². The Morgan fingerprint density at radius 1 is 1.30 bits per heavy atom. The van der Waals surface area contributed by atoms with Gasteiger partial charge in [-0.25, -0.2) is 4.79 Å². The fraction of sp³-hybridized carbons (Fsp3) is 0.588. The predicted octanol–water partition coefficient (Wildman–Crippen LogP) is 4.25. The molecule has 1 unspecified atom stereocenters. The quantitative estimate of drug-likeness (QED) is 0.676. The summed E-state index contributed by atoms with van der Waals surface area (Å²) < 4.78 is 5.24. The standard InChI is InChI=1S/C17H27ClN2O3/c1-11(2)12(10-20-16(22)23-17(3,4)5)9-19-13-6-7-15(21)14(18)8-13/h6-8,11-12,19,21H,9-10H2,1-5H3,(H,20,22). The molecule has 0 spiro atoms. The van der Waals surface area contributed by atoms with E-state index in [1.807, 2.05) is 20.8 Å². The first-order valence-corrected chi connectivity index (χ1v) is 8.15. The minimum absolute atomic E-state index is 0.0595. The molecule has 0 radical (unpaired) electrons. The molecule has 1 amide bonds. The van der Waals surface area contributed by atoms with Crippen LogP contribution in [-0.4, -0.2) is 29.9 Å². The third-order valence-electron chi connectivity index (χ3n) is 3.37. The van der Waals surface area contributed by atoms with Crippen molar-refractivity contribution < 1.29 is 14.6 Å². The van der Waals surface area contributed by atoms with Crippen LogP contribution in [0, 0.1) is 11.8 Å². The molecule has 0 heterocycles. The van der Waals surface area contributed by atoms with Crippen LogP contribution in [0.4, 0.5) is 10.5 Å². The summed E-state index contributed by atoms with van der Waals surface area (Å²) in [5, 5.41) is 15.8. The third kappa shape index (κ3) is 7.46. The van der Waals surface area contributed by atoms with Crippen LogP contribution in [0.15, 0.2) is 18.2 Å². The molecule has 1 aromatic rings. The van der Waals surface area contributed by atoms with Crippen molar-refractivity contribution in [2.75, 3.05) is 18.4 Å². The van der Waals surface area contributed by atoms with E-state index in [4.69, 9.17) is 16.3 Å². The van der Waals surface area contributed by atoms with Gasteiger partial charge in [0.25, 0.3) is 0 Å². The zero-order valence-corrected chi connectivity index (χ0v) is 15.2. The topological polar surface area (TPSA) is 70.6 Å². The van der Waals surface area contributed by atoms with E-state index in [2.05, 4.69) is 24.5 Å². The number of hydrogen-bond acceptors (Lipinski definition) is 4. The van der Waals surface area contributed by atoms with E-state index < -0.39 is 11.7 Å². The van der Waals surface area contributed by atoms with E-state index in [-0.39, 0.29) is 11.7 Å². The highest BCUT2D eigenvalue weighted by atomic mass is 35.5. The molecule has 1 aromatic carbocycles. The number of anilines is 1. The molecule has 0 saturated heterocycles. The monoisotopic (exact) mass is 342 g/mol. The number of ether oxygens (including phenoxy) is 1. The van der Waals surface area contributed by atoms with E-state index in [0.29, 0.717) is 24.0 Å². The molecule has 5 nitrogen and oxygen atoms in total. The van der Waals surface area contributed by atoms with Gasteiger partial charge in [-0.1, -0.05) is 25.4 Å². The lowest BCUT2D eigenvalue weighted by atomic mass is 9.95. The van der Waals surface area contributed by atoms with Crippen molar-refractivity contribution in [2.24, 2.45) is 11.8 Å². The Labute approximate surface area is 143 Å². The zero-order chi connectivity index (χ0) is 17.6. The summed E-state index contributed by atoms with van der Waals surface area (Å²) in [6, 6.07) is 4.99. The van der Waals surface area contributed by atoms with Gasteiger partial charge in [0, 0.05) is 18.8 Å². The van der Waals surface area contributed by atoms with Crippen molar-refractivity contribution in [1.82, 2.24) is 5.32 Å². The molecule has 0 aromatic heterocycles. The summed E-state index contributed by atoms with van der Waals surface area (Å²) in [6.45, 7) is 10.9. The normalized spacial score (nSPS) is 12.8. The number of benzene rings is 1. The molecule has 1 rings (SSSR count). The maximum Gasteiger partial charge on any atom is 0.407 e. The Morgan fingerprint density at radius 2 is 1.96 bits per heavy atom. The number of halogens is 1. The van der Waals surface area contributed by atoms with Gasteiger partial charge < -0.3 is 20.5 Å². The van der Waals surface area contributed by atoms with Gasteiger partial charge >= 0.3 is 6.09 Å². The first-order valence-electron chi connectivity index (χ1n) is 7.77. The number of alkyl carbamates (subject to hydrolysis) is 1. The molecule has 1 atom stereocenters. The smallest absolute Gasteiger partial charge is 0.407 e. The highest BCUT2D eigenvalue weighted by Crippen LogP contribution is 2.26. The van der Waals surface area contributed by atoms with Crippen LogP contribution in [0.5, 0.6) is 5.75 Å². The molecule has 0 saturated carbocycles. The number of aromatic hydroxyl groups is 1. The van der Waals surface area contributed by atoms with Crippen LogP contribution in [0.25, 0.3) is 0 Å². The average Bonchev–Trinajstić information content (AvgIpc) is 2.40. The minimum Gasteiger partial charge on any atom is -0.506 e. The summed E-state index contributed by atoms with van der Waals surface area (Å²) >= 11 is 5.89. The van der Waals surface area contributed by atoms with Gasteiger partial charge in [0.15, 0.2) is 0 Å². The van der Waals surface area contributed by atoms with E-state index in [1.165, 1.54) is 0 Å². The van der Waals surface area contributed by atoms with Crippen LogP contribution >= 0.6 is 11.6 Å². The molecular formula is C17H27ClN2O3. The fourth-order valence-corrected chi connectivity index (χ4v) is 2.12. The summed E-state index contributed by atoms with van der Waals surface area (Å²) in [4.78, 5) is 11.7. The Kier molecular flexibility index (Phi) is 7.01. The average molecular weight is 343 g/mol. The molecule has 0 aliphatic rings. The molecule has 0 bridgehead atoms. The maximum atomic E-state index is 11.7. The summed E-state index contributed by atoms with van der Waals surface area (Å²) in [6.07, 6.45) is -0.407. The molecule has 0 fully saturated rings. The Hall–Kier alpha value is -1.62. The van der Waals surface area contributed by atoms with Crippen molar-refractivity contribution in [3.05, 3.63) is 23.2 Å². The Bertz CT molecular complexity index is 527. The molecule has 6 heteroatoms. The first kappa shape index (κ1) is 19.4. The molecule has 0 aliphatic carbocycles. The summed E-state index contributed by atoms with van der Waals surface area (Å²) in [5.74, 6) is 0.671. The third-order valence-corrected chi connectivity index (χ3v) is 3.67. The highest BCUT2D eigenvalue weighted by molar-refractivity contribution is 6.32. The van der Waals surface area contributed by atoms with Crippen LogP contribution in [0.1, 0.15) is 34.6 Å². The first-order chi connectivity index (χ1) is 10.6. The molecule has 23 heavy (non-hydrogen) atoms. The van der Waals surface area contributed by atoms with Crippen LogP contribution in [-0.2, 0) is 4.74 Å². The van der Waals surface area contributed by atoms with Gasteiger partial charge in [0.05, 0.1) is 5.02 Å². The molecular weight excluding hydrogens is 316 g/mol. The second-order valence-electron chi connectivity index (χ2n) is 6.93. The van der Waals surface area contributed by atoms with Gasteiger partial charge in [0.1, 0.15) is 11.4 Å². The fourth-order valence-electron chi connectivity index (χ4n) is 1.94. The number of phenols is 1. The number of hydrogen-bond donors (Lipinski definition) is 3. The lowest BCUT2D eigenvalue weighted by molar-refractivity contribution is 0.0516. The van der Waals surface area contributed by atoms with Crippen molar-refractivity contribution in [3.63, 3.8) is 0 Å². The summed E-state index contributed by atoms with van der Waals surface area (Å²) in [7, 11) is 0. The van der Waals surface area contributed by atoms with Crippen LogP contribution in [0.2, 0.25) is 5.02 Å². The largest absolute Gasteiger partial charge is 0.506 e. The zero-order valence-electron chi connectivity index (χ0n) is 14.4. The number of carbonyl (C=O) groups excluding carboxylic acids is 1. The van der Waals surface area contributed by atoms with Gasteiger partial charge in [-0.15, -0.1) is 0 Å². The number of rotatable bonds is 6. The second kappa shape index (κ2) is 8.29. The minimum atomic E-state index is -0.502. The number of phenolic OH excluding ortho intramolecular Hbond substituents is 1. The van der Waals surface area contributed by atoms with Gasteiger partial charge in [-0.3, -0.25) is 0 Å². The van der Waals surface area contributed by atoms with Gasteiger partial charge in [-0.2, -0.15) is 0 Å². The number of nitrogens with one attached hydrogen (secondary N) is 2. The number of amides is 1. The summed E-state index contributed by atoms with van der Waals surface area (Å²) in [5.41, 5.74) is 0.328. The molecule has 130 valence electrons. The lowest BCUT2D eigenvalue weighted by Gasteiger charge is -2.24. The Morgan fingerprint density at radius 3 is 2.48 bits per heavy atom. The van der Waals surface area contributed by atoms with Crippen molar-refractivity contribution in [2.45, 2.75) is 40.2 Å². The van der Waals surface area contributed by atoms with Crippen molar-refractivity contribution >= 4 is 23.4 Å². The van der Waals surface area contributed by atoms with Crippen molar-refractivity contribution in [3.8, 4) is 5.75 Å². The SMILES string of the molecule is CC(C)C(CNC(=O)OC(C)(C)C)CNc1ccc(O)c(Cl)c1. The Balaban J connectivity index is 2.52. The van der Waals surface area contributed by atoms with E-state index in [9.17, 15) is 9.90 Å². The van der Waals surface area contributed by atoms with E-state index in [1.54, 1.807) is 18.2 Å². The van der Waals surface area contributed by atoms with Gasteiger partial charge in [-0.05, 0) is 50.8 Å². The number of carbonyl (C=O) groups is 1. The lowest BCUT2D eigenvalue weighted by Crippen LogP contribution is -2.38. The highest BCUT2D eigenvalue weighted by Gasteiger charge is 2.19. The van der Waals surface area contributed by atoms with E-state index >= 15 is 0 Å². The molecule has 3 N–H and O–H groups in total. The molecule has 0 aliphatic heterocycles. The van der Waals surface area contributed by atoms with Crippen LogP contribution < -0.4 is 10.6 Å².